The number of pyridine rings is 1. The SMILES string of the molecule is CCC(=O)N(Cc1ccc(C(F)(F)F)cc1)CC1CC(c2cccnc2)=NO1. The Kier molecular flexibility index (Phi) is 5.96. The van der Waals surface area contributed by atoms with Gasteiger partial charge in [-0.05, 0) is 29.8 Å². The van der Waals surface area contributed by atoms with Gasteiger partial charge in [0.25, 0.3) is 0 Å². The van der Waals surface area contributed by atoms with Crippen molar-refractivity contribution in [3.05, 3.63) is 65.5 Å². The number of aromatic nitrogens is 1. The molecule has 5 nitrogen and oxygen atoms in total. The van der Waals surface area contributed by atoms with Gasteiger partial charge in [-0.15, -0.1) is 0 Å². The molecule has 0 saturated heterocycles. The molecule has 1 amide bonds. The summed E-state index contributed by atoms with van der Waals surface area (Å²) in [5.74, 6) is -0.0988. The quantitative estimate of drug-likeness (QED) is 0.747. The van der Waals surface area contributed by atoms with Gasteiger partial charge in [0.1, 0.15) is 0 Å². The molecule has 2 aromatic rings. The number of halogens is 3. The van der Waals surface area contributed by atoms with Crippen LogP contribution in [0.15, 0.2) is 53.9 Å². The van der Waals surface area contributed by atoms with E-state index >= 15 is 0 Å². The summed E-state index contributed by atoms with van der Waals surface area (Å²) in [5.41, 5.74) is 1.54. The third-order valence-electron chi connectivity index (χ3n) is 4.46. The van der Waals surface area contributed by atoms with Crippen molar-refractivity contribution in [3.63, 3.8) is 0 Å². The smallest absolute Gasteiger partial charge is 0.390 e. The van der Waals surface area contributed by atoms with Gasteiger partial charge in [0.15, 0.2) is 6.10 Å². The number of carbonyl (C=O) groups excluding carboxylic acids is 1. The normalized spacial score (nSPS) is 16.4. The molecule has 0 N–H and O–H groups in total. The van der Waals surface area contributed by atoms with Crippen LogP contribution in [0.4, 0.5) is 13.2 Å². The number of oxime groups is 1. The fraction of sp³-hybridized carbons (Fsp3) is 0.350. The summed E-state index contributed by atoms with van der Waals surface area (Å²) in [6.45, 7) is 2.27. The van der Waals surface area contributed by atoms with Gasteiger partial charge in [0, 0.05) is 37.3 Å². The van der Waals surface area contributed by atoms with E-state index in [0.717, 1.165) is 23.4 Å². The van der Waals surface area contributed by atoms with E-state index in [1.54, 1.807) is 24.2 Å². The Bertz CT molecular complexity index is 836. The molecular weight excluding hydrogens is 371 g/mol. The number of rotatable bonds is 6. The van der Waals surface area contributed by atoms with E-state index in [4.69, 9.17) is 4.84 Å². The summed E-state index contributed by atoms with van der Waals surface area (Å²) in [6, 6.07) is 8.54. The fourth-order valence-corrected chi connectivity index (χ4v) is 2.97. The molecule has 8 heteroatoms. The lowest BCUT2D eigenvalue weighted by Crippen LogP contribution is -2.36. The Balaban J connectivity index is 1.64. The molecule has 28 heavy (non-hydrogen) atoms. The lowest BCUT2D eigenvalue weighted by atomic mass is 10.1. The zero-order chi connectivity index (χ0) is 20.1. The number of hydrogen-bond acceptors (Lipinski definition) is 4. The van der Waals surface area contributed by atoms with Crippen LogP contribution in [0.25, 0.3) is 0 Å². The van der Waals surface area contributed by atoms with Crippen LogP contribution in [-0.4, -0.2) is 34.2 Å². The molecule has 1 aliphatic rings. The molecule has 1 aromatic carbocycles. The first kappa shape index (κ1) is 19.9. The van der Waals surface area contributed by atoms with E-state index in [9.17, 15) is 18.0 Å². The first-order valence-electron chi connectivity index (χ1n) is 8.94. The van der Waals surface area contributed by atoms with Crippen molar-refractivity contribution < 1.29 is 22.8 Å². The van der Waals surface area contributed by atoms with Gasteiger partial charge in [-0.3, -0.25) is 9.78 Å². The van der Waals surface area contributed by atoms with Crippen LogP contribution in [0.2, 0.25) is 0 Å². The molecular formula is C20H20F3N3O2. The van der Waals surface area contributed by atoms with Gasteiger partial charge < -0.3 is 9.74 Å². The molecule has 0 bridgehead atoms. The number of amides is 1. The Morgan fingerprint density at radius 2 is 2.00 bits per heavy atom. The topological polar surface area (TPSA) is 54.8 Å². The highest BCUT2D eigenvalue weighted by atomic mass is 19.4. The van der Waals surface area contributed by atoms with Gasteiger partial charge >= 0.3 is 6.18 Å². The molecule has 3 rings (SSSR count). The van der Waals surface area contributed by atoms with Crippen LogP contribution >= 0.6 is 0 Å². The van der Waals surface area contributed by atoms with Gasteiger partial charge in [0.2, 0.25) is 5.91 Å². The summed E-state index contributed by atoms with van der Waals surface area (Å²) < 4.78 is 38.1. The van der Waals surface area contributed by atoms with Crippen molar-refractivity contribution >= 4 is 11.6 Å². The van der Waals surface area contributed by atoms with E-state index in [0.29, 0.717) is 24.9 Å². The maximum atomic E-state index is 12.7. The first-order chi connectivity index (χ1) is 13.4. The fourth-order valence-electron chi connectivity index (χ4n) is 2.97. The molecule has 0 spiro atoms. The molecule has 0 fully saturated rings. The number of carbonyl (C=O) groups is 1. The summed E-state index contributed by atoms with van der Waals surface area (Å²) in [5, 5.41) is 4.08. The van der Waals surface area contributed by atoms with Crippen LogP contribution in [0.5, 0.6) is 0 Å². The first-order valence-corrected chi connectivity index (χ1v) is 8.94. The molecule has 1 aromatic heterocycles. The van der Waals surface area contributed by atoms with Crippen molar-refractivity contribution in [1.29, 1.82) is 0 Å². The molecule has 0 aliphatic carbocycles. The minimum Gasteiger partial charge on any atom is -0.390 e. The Hall–Kier alpha value is -2.90. The maximum Gasteiger partial charge on any atom is 0.416 e. The van der Waals surface area contributed by atoms with Gasteiger partial charge in [0.05, 0.1) is 17.8 Å². The van der Waals surface area contributed by atoms with Gasteiger partial charge in [-0.1, -0.05) is 24.2 Å². The zero-order valence-corrected chi connectivity index (χ0v) is 15.3. The summed E-state index contributed by atoms with van der Waals surface area (Å²) in [4.78, 5) is 23.4. The molecule has 1 unspecified atom stereocenters. The van der Waals surface area contributed by atoms with Crippen molar-refractivity contribution in [2.45, 2.75) is 38.6 Å². The van der Waals surface area contributed by atoms with Crippen molar-refractivity contribution in [3.8, 4) is 0 Å². The van der Waals surface area contributed by atoms with Gasteiger partial charge in [-0.2, -0.15) is 13.2 Å². The lowest BCUT2D eigenvalue weighted by Gasteiger charge is -2.24. The van der Waals surface area contributed by atoms with E-state index in [2.05, 4.69) is 10.1 Å². The molecule has 0 radical (unpaired) electrons. The van der Waals surface area contributed by atoms with Crippen LogP contribution in [0.3, 0.4) is 0 Å². The highest BCUT2D eigenvalue weighted by Gasteiger charge is 2.30. The van der Waals surface area contributed by atoms with Crippen LogP contribution in [0, 0.1) is 0 Å². The third kappa shape index (κ3) is 4.88. The average Bonchev–Trinajstić information content (AvgIpc) is 3.16. The van der Waals surface area contributed by atoms with Crippen LogP contribution in [0.1, 0.15) is 36.5 Å². The van der Waals surface area contributed by atoms with Gasteiger partial charge in [-0.25, -0.2) is 0 Å². The number of hydrogen-bond donors (Lipinski definition) is 0. The zero-order valence-electron chi connectivity index (χ0n) is 15.3. The monoisotopic (exact) mass is 391 g/mol. The molecule has 148 valence electrons. The summed E-state index contributed by atoms with van der Waals surface area (Å²) in [7, 11) is 0. The van der Waals surface area contributed by atoms with Crippen molar-refractivity contribution in [2.24, 2.45) is 5.16 Å². The number of nitrogens with zero attached hydrogens (tertiary/aromatic N) is 3. The van der Waals surface area contributed by atoms with E-state index in [1.165, 1.54) is 12.1 Å². The van der Waals surface area contributed by atoms with E-state index in [1.807, 2.05) is 12.1 Å². The highest BCUT2D eigenvalue weighted by molar-refractivity contribution is 6.01. The molecule has 2 heterocycles. The third-order valence-corrected chi connectivity index (χ3v) is 4.46. The summed E-state index contributed by atoms with van der Waals surface area (Å²) in [6.07, 6.45) is -0.490. The van der Waals surface area contributed by atoms with E-state index < -0.39 is 11.7 Å². The molecule has 0 saturated carbocycles. The average molecular weight is 391 g/mol. The molecule has 1 aliphatic heterocycles. The predicted molar refractivity (Wildman–Crippen MR) is 97.4 cm³/mol. The second kappa shape index (κ2) is 8.41. The molecule has 1 atom stereocenters. The second-order valence-electron chi connectivity index (χ2n) is 6.53. The Morgan fingerprint density at radius 3 is 2.61 bits per heavy atom. The van der Waals surface area contributed by atoms with Crippen molar-refractivity contribution in [1.82, 2.24) is 9.88 Å². The second-order valence-corrected chi connectivity index (χ2v) is 6.53. The minimum atomic E-state index is -4.38. The Labute approximate surface area is 160 Å². The summed E-state index contributed by atoms with van der Waals surface area (Å²) >= 11 is 0. The maximum absolute atomic E-state index is 12.7. The number of alkyl halides is 3. The largest absolute Gasteiger partial charge is 0.416 e. The lowest BCUT2D eigenvalue weighted by molar-refractivity contribution is -0.137. The highest BCUT2D eigenvalue weighted by Crippen LogP contribution is 2.29. The Morgan fingerprint density at radius 1 is 1.25 bits per heavy atom. The standard InChI is InChI=1S/C20H20F3N3O2/c1-2-19(27)26(12-14-5-7-16(8-6-14)20(21,22)23)13-17-10-18(25-28-17)15-4-3-9-24-11-15/h3-9,11,17H,2,10,12-13H2,1H3. The van der Waals surface area contributed by atoms with Crippen LogP contribution < -0.4 is 0 Å². The van der Waals surface area contributed by atoms with Crippen LogP contribution in [-0.2, 0) is 22.4 Å². The minimum absolute atomic E-state index is 0.0988. The predicted octanol–water partition coefficient (Wildman–Crippen LogP) is 4.03. The van der Waals surface area contributed by atoms with Crippen molar-refractivity contribution in [2.75, 3.05) is 6.54 Å². The van der Waals surface area contributed by atoms with E-state index in [-0.39, 0.29) is 18.6 Å². The number of benzene rings is 1.